The molecule has 1 N–H and O–H groups in total. The number of imidazole rings is 1. The van der Waals surface area contributed by atoms with E-state index in [0.717, 1.165) is 50.5 Å². The molecule has 6 rings (SSSR count). The van der Waals surface area contributed by atoms with Crippen molar-refractivity contribution < 1.29 is 23.0 Å². The number of hydrogen-bond donors (Lipinski definition) is 1. The van der Waals surface area contributed by atoms with Crippen LogP contribution in [0.5, 0.6) is 5.88 Å². The molecular formula is C31H32ClF2N5O3. The standard InChI is InChI=1S/C31H32ClF2N5O3/c1-19(40)35-26-7-8-27-31(30(26)34)37-28(39(27)16-23-11-14-41-23)17-38-12-9-20(10-13-38)25-3-2-4-29(36-25)42-18-21-5-6-22(32)15-24(21)33/h2-8,15,20,23H,9-14,16-18H2,1H3,(H,35,40)/t23-/m0/s1. The molecule has 2 aliphatic heterocycles. The van der Waals surface area contributed by atoms with Gasteiger partial charge in [0, 0.05) is 41.8 Å². The number of fused-ring (bicyclic) bond motifs is 1. The third kappa shape index (κ3) is 6.25. The maximum Gasteiger partial charge on any atom is 0.221 e. The Kier molecular flexibility index (Phi) is 8.37. The SMILES string of the molecule is CC(=O)Nc1ccc2c(nc(CN3CCC(c4cccc(OCc5ccc(Cl)cc5F)n4)CC3)n2C[C@@H]2CCO2)c1F. The number of nitrogens with zero attached hydrogens (tertiary/aromatic N) is 4. The summed E-state index contributed by atoms with van der Waals surface area (Å²) in [6, 6.07) is 13.6. The van der Waals surface area contributed by atoms with Gasteiger partial charge in [0.25, 0.3) is 0 Å². The van der Waals surface area contributed by atoms with E-state index in [-0.39, 0.29) is 35.7 Å². The first-order valence-electron chi connectivity index (χ1n) is 14.2. The molecule has 1 amide bonds. The van der Waals surface area contributed by atoms with Crippen molar-refractivity contribution in [3.05, 3.63) is 82.3 Å². The zero-order valence-corrected chi connectivity index (χ0v) is 24.0. The fourth-order valence-electron chi connectivity index (χ4n) is 5.57. The first kappa shape index (κ1) is 28.5. The number of hydrogen-bond acceptors (Lipinski definition) is 6. The van der Waals surface area contributed by atoms with Crippen LogP contribution in [0.25, 0.3) is 11.0 Å². The van der Waals surface area contributed by atoms with Gasteiger partial charge in [0.1, 0.15) is 23.8 Å². The topological polar surface area (TPSA) is 81.5 Å². The molecule has 0 unspecified atom stereocenters. The predicted octanol–water partition coefficient (Wildman–Crippen LogP) is 6.07. The van der Waals surface area contributed by atoms with Crippen LogP contribution in [0.4, 0.5) is 14.5 Å². The number of carbonyl (C=O) groups is 1. The second-order valence-corrected chi connectivity index (χ2v) is 11.3. The molecule has 0 bridgehead atoms. The number of aromatic nitrogens is 3. The average molecular weight is 596 g/mol. The Labute approximate surface area is 247 Å². The lowest BCUT2D eigenvalue weighted by Crippen LogP contribution is -2.35. The van der Waals surface area contributed by atoms with Crippen molar-refractivity contribution in [2.75, 3.05) is 25.0 Å². The molecule has 42 heavy (non-hydrogen) atoms. The quantitative estimate of drug-likeness (QED) is 0.253. The Morgan fingerprint density at radius 1 is 1.12 bits per heavy atom. The number of anilines is 1. The van der Waals surface area contributed by atoms with E-state index in [1.165, 1.54) is 13.0 Å². The van der Waals surface area contributed by atoms with E-state index >= 15 is 4.39 Å². The van der Waals surface area contributed by atoms with Crippen LogP contribution >= 0.6 is 11.6 Å². The number of nitrogens with one attached hydrogen (secondary N) is 1. The number of benzene rings is 2. The molecule has 0 aliphatic carbocycles. The zero-order valence-electron chi connectivity index (χ0n) is 23.3. The van der Waals surface area contributed by atoms with Gasteiger partial charge in [-0.15, -0.1) is 0 Å². The second-order valence-electron chi connectivity index (χ2n) is 10.9. The lowest BCUT2D eigenvalue weighted by Gasteiger charge is -2.32. The molecule has 2 aromatic heterocycles. The first-order valence-corrected chi connectivity index (χ1v) is 14.5. The van der Waals surface area contributed by atoms with Gasteiger partial charge in [-0.2, -0.15) is 0 Å². The Bertz CT molecular complexity index is 1600. The summed E-state index contributed by atoms with van der Waals surface area (Å²) >= 11 is 5.84. The van der Waals surface area contributed by atoms with Gasteiger partial charge in [-0.25, -0.2) is 18.7 Å². The Morgan fingerprint density at radius 3 is 2.64 bits per heavy atom. The van der Waals surface area contributed by atoms with Crippen molar-refractivity contribution in [1.29, 1.82) is 0 Å². The van der Waals surface area contributed by atoms with Gasteiger partial charge in [-0.05, 0) is 62.7 Å². The van der Waals surface area contributed by atoms with Crippen LogP contribution in [0.1, 0.15) is 49.2 Å². The van der Waals surface area contributed by atoms with Crippen LogP contribution in [-0.4, -0.2) is 51.1 Å². The van der Waals surface area contributed by atoms with Crippen LogP contribution in [0.15, 0.2) is 48.5 Å². The number of rotatable bonds is 9. The summed E-state index contributed by atoms with van der Waals surface area (Å²) in [6.45, 7) is 5.00. The lowest BCUT2D eigenvalue weighted by atomic mass is 9.93. The fourth-order valence-corrected chi connectivity index (χ4v) is 5.72. The Morgan fingerprint density at radius 2 is 1.93 bits per heavy atom. The van der Waals surface area contributed by atoms with Crippen molar-refractivity contribution in [3.8, 4) is 5.88 Å². The number of amides is 1. The molecular weight excluding hydrogens is 564 g/mol. The summed E-state index contributed by atoms with van der Waals surface area (Å²) in [5.74, 6) is 0.230. The highest BCUT2D eigenvalue weighted by atomic mass is 35.5. The molecule has 4 aromatic rings. The van der Waals surface area contributed by atoms with Gasteiger partial charge >= 0.3 is 0 Å². The summed E-state index contributed by atoms with van der Waals surface area (Å²) < 4.78 is 43.0. The van der Waals surface area contributed by atoms with Gasteiger partial charge < -0.3 is 19.4 Å². The minimum atomic E-state index is -0.525. The minimum Gasteiger partial charge on any atom is -0.473 e. The number of halogens is 3. The van der Waals surface area contributed by atoms with Gasteiger partial charge in [-0.3, -0.25) is 9.69 Å². The minimum absolute atomic E-state index is 0.0672. The summed E-state index contributed by atoms with van der Waals surface area (Å²) in [6.07, 6.45) is 2.84. The second kappa shape index (κ2) is 12.3. The Balaban J connectivity index is 1.12. The molecule has 0 radical (unpaired) electrons. The predicted molar refractivity (Wildman–Crippen MR) is 156 cm³/mol. The number of piperidine rings is 1. The molecule has 1 atom stereocenters. The molecule has 2 aromatic carbocycles. The highest BCUT2D eigenvalue weighted by molar-refractivity contribution is 6.30. The monoisotopic (exact) mass is 595 g/mol. The third-order valence-corrected chi connectivity index (χ3v) is 8.17. The van der Waals surface area contributed by atoms with Gasteiger partial charge in [-0.1, -0.05) is 23.7 Å². The van der Waals surface area contributed by atoms with Crippen LogP contribution in [0.2, 0.25) is 5.02 Å². The van der Waals surface area contributed by atoms with E-state index in [9.17, 15) is 9.18 Å². The van der Waals surface area contributed by atoms with E-state index in [1.54, 1.807) is 24.3 Å². The number of carbonyl (C=O) groups excluding carboxylic acids is 1. The van der Waals surface area contributed by atoms with Gasteiger partial charge in [0.2, 0.25) is 11.8 Å². The summed E-state index contributed by atoms with van der Waals surface area (Å²) in [5.41, 5.74) is 2.45. The molecule has 0 spiro atoms. The smallest absolute Gasteiger partial charge is 0.221 e. The van der Waals surface area contributed by atoms with Gasteiger partial charge in [0.05, 0.1) is 30.4 Å². The summed E-state index contributed by atoms with van der Waals surface area (Å²) in [7, 11) is 0. The molecule has 4 heterocycles. The molecule has 2 saturated heterocycles. The highest BCUT2D eigenvalue weighted by Gasteiger charge is 2.27. The highest BCUT2D eigenvalue weighted by Crippen LogP contribution is 2.31. The third-order valence-electron chi connectivity index (χ3n) is 7.94. The van der Waals surface area contributed by atoms with E-state index in [1.807, 2.05) is 18.2 Å². The van der Waals surface area contributed by atoms with E-state index in [4.69, 9.17) is 31.0 Å². The van der Waals surface area contributed by atoms with Crippen molar-refractivity contribution in [2.45, 2.75) is 57.9 Å². The van der Waals surface area contributed by atoms with Crippen LogP contribution < -0.4 is 10.1 Å². The molecule has 220 valence electrons. The van der Waals surface area contributed by atoms with E-state index < -0.39 is 11.6 Å². The molecule has 2 fully saturated rings. The molecule has 8 nitrogen and oxygen atoms in total. The maximum atomic E-state index is 15.3. The lowest BCUT2D eigenvalue weighted by molar-refractivity contribution is -0.114. The molecule has 11 heteroatoms. The maximum absolute atomic E-state index is 15.3. The van der Waals surface area contributed by atoms with Crippen molar-refractivity contribution >= 4 is 34.2 Å². The summed E-state index contributed by atoms with van der Waals surface area (Å²) in [5, 5.41) is 2.89. The number of likely N-dealkylation sites (tertiary alicyclic amines) is 1. The van der Waals surface area contributed by atoms with Crippen molar-refractivity contribution in [2.24, 2.45) is 0 Å². The van der Waals surface area contributed by atoms with Crippen molar-refractivity contribution in [1.82, 2.24) is 19.4 Å². The normalized spacial score (nSPS) is 17.8. The van der Waals surface area contributed by atoms with Crippen LogP contribution in [0, 0.1) is 11.6 Å². The van der Waals surface area contributed by atoms with E-state index in [2.05, 4.69) is 14.8 Å². The summed E-state index contributed by atoms with van der Waals surface area (Å²) in [4.78, 5) is 23.3. The fraction of sp³-hybridized carbons (Fsp3) is 0.387. The Hall–Kier alpha value is -3.60. The number of ether oxygens (including phenoxy) is 2. The molecule has 2 aliphatic rings. The van der Waals surface area contributed by atoms with Gasteiger partial charge in [0.15, 0.2) is 5.82 Å². The molecule has 0 saturated carbocycles. The van der Waals surface area contributed by atoms with Crippen LogP contribution in [0.3, 0.4) is 0 Å². The van der Waals surface area contributed by atoms with Crippen LogP contribution in [-0.2, 0) is 29.2 Å². The average Bonchev–Trinajstić information content (AvgIpc) is 3.29. The zero-order chi connectivity index (χ0) is 29.2. The first-order chi connectivity index (χ1) is 20.3. The largest absolute Gasteiger partial charge is 0.473 e. The van der Waals surface area contributed by atoms with Crippen molar-refractivity contribution in [3.63, 3.8) is 0 Å². The number of pyridine rings is 1. The van der Waals surface area contributed by atoms with E-state index in [0.29, 0.717) is 35.1 Å².